The Kier molecular flexibility index (Phi) is 9.19. The summed E-state index contributed by atoms with van der Waals surface area (Å²) in [5, 5.41) is 6.30. The third-order valence-electron chi connectivity index (χ3n) is 4.47. The van der Waals surface area contributed by atoms with Crippen LogP contribution in [-0.4, -0.2) is 54.9 Å². The normalized spacial score (nSPS) is 11.0. The van der Waals surface area contributed by atoms with Gasteiger partial charge in [-0.2, -0.15) is 0 Å². The second kappa shape index (κ2) is 11.1. The van der Waals surface area contributed by atoms with Crippen LogP contribution in [-0.2, 0) is 0 Å². The summed E-state index contributed by atoms with van der Waals surface area (Å²) in [5.74, 6) is 1.98. The molecular formula is C20H23Cl4N3O. The molecule has 152 valence electrons. The maximum atomic E-state index is 6.17. The molecule has 0 fully saturated rings. The van der Waals surface area contributed by atoms with Crippen molar-refractivity contribution in [2.45, 2.75) is 0 Å². The number of methoxy groups -OCH3 is 1. The fourth-order valence-corrected chi connectivity index (χ4v) is 3.77. The molecule has 2 aromatic carbocycles. The molecule has 0 saturated heterocycles. The summed E-state index contributed by atoms with van der Waals surface area (Å²) in [7, 11) is 1.67. The van der Waals surface area contributed by atoms with E-state index in [-0.39, 0.29) is 12.4 Å². The summed E-state index contributed by atoms with van der Waals surface area (Å²) in [6.07, 6.45) is 0. The number of nitrogens with one attached hydrogen (secondary N) is 1. The number of ether oxygens (including phenoxy) is 1. The van der Waals surface area contributed by atoms with Crippen molar-refractivity contribution in [1.29, 1.82) is 0 Å². The molecule has 0 unspecified atom stereocenters. The smallest absolute Gasteiger partial charge is 0.119 e. The van der Waals surface area contributed by atoms with Gasteiger partial charge in [-0.15, -0.1) is 35.6 Å². The van der Waals surface area contributed by atoms with Crippen molar-refractivity contribution in [2.24, 2.45) is 0 Å². The minimum Gasteiger partial charge on any atom is -0.497 e. The van der Waals surface area contributed by atoms with Gasteiger partial charge in [-0.05, 0) is 36.4 Å². The molecule has 0 spiro atoms. The van der Waals surface area contributed by atoms with Crippen LogP contribution < -0.4 is 10.1 Å². The molecule has 0 atom stereocenters. The van der Waals surface area contributed by atoms with Crippen LogP contribution in [0.15, 0.2) is 36.4 Å². The van der Waals surface area contributed by atoms with Crippen LogP contribution in [0.2, 0.25) is 5.02 Å². The highest BCUT2D eigenvalue weighted by Gasteiger charge is 2.11. The van der Waals surface area contributed by atoms with Crippen molar-refractivity contribution in [2.75, 3.05) is 50.4 Å². The molecule has 3 rings (SSSR count). The van der Waals surface area contributed by atoms with Gasteiger partial charge < -0.3 is 10.1 Å². The van der Waals surface area contributed by atoms with Crippen molar-refractivity contribution in [3.63, 3.8) is 0 Å². The molecule has 0 bridgehead atoms. The molecule has 28 heavy (non-hydrogen) atoms. The van der Waals surface area contributed by atoms with Crippen LogP contribution in [0.5, 0.6) is 5.75 Å². The molecule has 4 nitrogen and oxygen atoms in total. The van der Waals surface area contributed by atoms with Crippen LogP contribution >= 0.6 is 47.2 Å². The number of alkyl halides is 2. The Morgan fingerprint density at radius 2 is 1.71 bits per heavy atom. The average Bonchev–Trinajstić information content (AvgIpc) is 2.67. The van der Waals surface area contributed by atoms with Gasteiger partial charge >= 0.3 is 0 Å². The first-order valence-corrected chi connectivity index (χ1v) is 10.3. The van der Waals surface area contributed by atoms with E-state index < -0.39 is 0 Å². The molecule has 0 amide bonds. The van der Waals surface area contributed by atoms with Gasteiger partial charge in [0.15, 0.2) is 0 Å². The zero-order valence-electron chi connectivity index (χ0n) is 15.6. The Bertz CT molecular complexity index is 917. The Balaban J connectivity index is 0.00000280. The molecule has 0 aliphatic heterocycles. The number of benzene rings is 2. The average molecular weight is 463 g/mol. The molecule has 0 aliphatic rings. The lowest BCUT2D eigenvalue weighted by molar-refractivity contribution is 0.319. The van der Waals surface area contributed by atoms with Crippen LogP contribution in [0.1, 0.15) is 0 Å². The number of aromatic nitrogens is 1. The van der Waals surface area contributed by atoms with Gasteiger partial charge in [-0.3, -0.25) is 4.90 Å². The summed E-state index contributed by atoms with van der Waals surface area (Å²) in [6, 6.07) is 11.7. The number of hydrogen-bond acceptors (Lipinski definition) is 4. The SMILES string of the molecule is COc1ccc2nc3cc(Cl)ccc3c(NCCN(CCCl)CCCl)c2c1.Cl. The number of pyridine rings is 1. The zero-order valence-corrected chi connectivity index (χ0v) is 18.6. The van der Waals surface area contributed by atoms with Gasteiger partial charge in [0.05, 0.1) is 23.8 Å². The largest absolute Gasteiger partial charge is 0.497 e. The number of rotatable bonds is 9. The Hall–Kier alpha value is -1.17. The highest BCUT2D eigenvalue weighted by molar-refractivity contribution is 6.31. The van der Waals surface area contributed by atoms with E-state index in [4.69, 9.17) is 44.5 Å². The molecule has 3 aromatic rings. The minimum atomic E-state index is 0. The predicted molar refractivity (Wildman–Crippen MR) is 124 cm³/mol. The van der Waals surface area contributed by atoms with E-state index in [2.05, 4.69) is 10.2 Å². The van der Waals surface area contributed by atoms with Gasteiger partial charge in [0.1, 0.15) is 5.75 Å². The first kappa shape index (κ1) is 23.1. The third kappa shape index (κ3) is 5.46. The molecular weight excluding hydrogens is 440 g/mol. The third-order valence-corrected chi connectivity index (χ3v) is 5.05. The van der Waals surface area contributed by atoms with E-state index >= 15 is 0 Å². The summed E-state index contributed by atoms with van der Waals surface area (Å²) in [5.41, 5.74) is 2.79. The maximum absolute atomic E-state index is 6.17. The van der Waals surface area contributed by atoms with Gasteiger partial charge in [0.2, 0.25) is 0 Å². The van der Waals surface area contributed by atoms with E-state index in [0.717, 1.165) is 59.4 Å². The summed E-state index contributed by atoms with van der Waals surface area (Å²) in [4.78, 5) is 7.00. The molecule has 0 saturated carbocycles. The summed E-state index contributed by atoms with van der Waals surface area (Å²) >= 11 is 18.0. The fraction of sp³-hybridized carbons (Fsp3) is 0.350. The zero-order chi connectivity index (χ0) is 19.2. The Labute approximate surface area is 186 Å². The molecule has 0 aliphatic carbocycles. The van der Waals surface area contributed by atoms with Gasteiger partial charge in [0.25, 0.3) is 0 Å². The number of anilines is 1. The first-order chi connectivity index (χ1) is 13.2. The van der Waals surface area contributed by atoms with Crippen LogP contribution in [0.25, 0.3) is 21.8 Å². The van der Waals surface area contributed by atoms with Crippen LogP contribution in [0.3, 0.4) is 0 Å². The lowest BCUT2D eigenvalue weighted by atomic mass is 10.1. The minimum absolute atomic E-state index is 0. The number of halogens is 4. The van der Waals surface area contributed by atoms with E-state index in [0.29, 0.717) is 16.8 Å². The molecule has 0 radical (unpaired) electrons. The number of fused-ring (bicyclic) bond motifs is 2. The van der Waals surface area contributed by atoms with Gasteiger partial charge in [-0.25, -0.2) is 4.98 Å². The van der Waals surface area contributed by atoms with Crippen molar-refractivity contribution in [3.8, 4) is 5.75 Å². The highest BCUT2D eigenvalue weighted by Crippen LogP contribution is 2.34. The monoisotopic (exact) mass is 461 g/mol. The molecule has 1 heterocycles. The van der Waals surface area contributed by atoms with E-state index in [1.807, 2.05) is 36.4 Å². The number of hydrogen-bond donors (Lipinski definition) is 1. The quantitative estimate of drug-likeness (QED) is 0.328. The van der Waals surface area contributed by atoms with Crippen molar-refractivity contribution in [3.05, 3.63) is 41.4 Å². The molecule has 8 heteroatoms. The van der Waals surface area contributed by atoms with Gasteiger partial charge in [0, 0.05) is 53.7 Å². The second-order valence-corrected chi connectivity index (χ2v) is 7.37. The van der Waals surface area contributed by atoms with Crippen LogP contribution in [0.4, 0.5) is 5.69 Å². The van der Waals surface area contributed by atoms with E-state index in [9.17, 15) is 0 Å². The van der Waals surface area contributed by atoms with Crippen molar-refractivity contribution in [1.82, 2.24) is 9.88 Å². The molecule has 1 N–H and O–H groups in total. The summed E-state index contributed by atoms with van der Waals surface area (Å²) in [6.45, 7) is 3.25. The van der Waals surface area contributed by atoms with E-state index in [1.54, 1.807) is 7.11 Å². The topological polar surface area (TPSA) is 37.4 Å². The van der Waals surface area contributed by atoms with Crippen LogP contribution in [0, 0.1) is 0 Å². The lowest BCUT2D eigenvalue weighted by Gasteiger charge is -2.21. The lowest BCUT2D eigenvalue weighted by Crippen LogP contribution is -2.32. The summed E-state index contributed by atoms with van der Waals surface area (Å²) < 4.78 is 5.40. The van der Waals surface area contributed by atoms with Crippen molar-refractivity contribution < 1.29 is 4.74 Å². The maximum Gasteiger partial charge on any atom is 0.119 e. The Morgan fingerprint density at radius 1 is 0.964 bits per heavy atom. The standard InChI is InChI=1S/C20H22Cl3N3O.ClH/c1-27-15-3-5-18-17(13-15)20(16-4-2-14(23)12-19(16)25-18)24-8-11-26(9-6-21)10-7-22;/h2-5,12-13H,6-11H2,1H3,(H,24,25);1H. The first-order valence-electron chi connectivity index (χ1n) is 8.81. The molecule has 1 aromatic heterocycles. The fourth-order valence-electron chi connectivity index (χ4n) is 3.13. The number of nitrogens with zero attached hydrogens (tertiary/aromatic N) is 2. The predicted octanol–water partition coefficient (Wildman–Crippen LogP) is 5.66. The second-order valence-electron chi connectivity index (χ2n) is 6.18. The highest BCUT2D eigenvalue weighted by atomic mass is 35.5. The van der Waals surface area contributed by atoms with Gasteiger partial charge in [-0.1, -0.05) is 11.6 Å². The van der Waals surface area contributed by atoms with E-state index in [1.165, 1.54) is 0 Å². The van der Waals surface area contributed by atoms with Crippen molar-refractivity contribution >= 4 is 74.7 Å². The Morgan fingerprint density at radius 3 is 2.39 bits per heavy atom.